The quantitative estimate of drug-likeness (QED) is 0.731. The minimum absolute atomic E-state index is 0.769. The Morgan fingerprint density at radius 1 is 1.43 bits per heavy atom. The molecule has 4 heteroatoms. The number of rotatable bonds is 1. The first-order chi connectivity index (χ1) is 6.74. The molecule has 14 heavy (non-hydrogen) atoms. The molecule has 0 aliphatic rings. The van der Waals surface area contributed by atoms with Crippen LogP contribution in [0.25, 0.3) is 10.1 Å². The van der Waals surface area contributed by atoms with E-state index in [0.717, 1.165) is 14.7 Å². The smallest absolute Gasteiger partial charge is 0.110 e. The average molecular weight is 284 g/mol. The van der Waals surface area contributed by atoms with Crippen molar-refractivity contribution >= 4 is 49.1 Å². The number of thioether (sulfide) groups is 1. The third kappa shape index (κ3) is 1.68. The Bertz CT molecular complexity index is 525. The lowest BCUT2D eigenvalue weighted by molar-refractivity contribution is 1.47. The van der Waals surface area contributed by atoms with Gasteiger partial charge in [-0.15, -0.1) is 23.1 Å². The van der Waals surface area contributed by atoms with Crippen molar-refractivity contribution in [3.05, 3.63) is 27.5 Å². The molecule has 1 aromatic carbocycles. The fourth-order valence-electron chi connectivity index (χ4n) is 1.25. The maximum absolute atomic E-state index is 8.78. The summed E-state index contributed by atoms with van der Waals surface area (Å²) in [6.45, 7) is 0. The van der Waals surface area contributed by atoms with Gasteiger partial charge in [0.25, 0.3) is 0 Å². The number of halogens is 1. The second-order valence-corrected chi connectivity index (χ2v) is 5.53. The zero-order valence-corrected chi connectivity index (χ0v) is 10.6. The summed E-state index contributed by atoms with van der Waals surface area (Å²) >= 11 is 6.75. The van der Waals surface area contributed by atoms with Crippen LogP contribution in [0.4, 0.5) is 0 Å². The first kappa shape index (κ1) is 10.0. The van der Waals surface area contributed by atoms with Crippen molar-refractivity contribution in [2.24, 2.45) is 0 Å². The average Bonchev–Trinajstić information content (AvgIpc) is 2.58. The fourth-order valence-corrected chi connectivity index (χ4v) is 3.54. The molecule has 0 bridgehead atoms. The lowest BCUT2D eigenvalue weighted by Gasteiger charge is -1.99. The van der Waals surface area contributed by atoms with Crippen LogP contribution in [0.3, 0.4) is 0 Å². The summed E-state index contributed by atoms with van der Waals surface area (Å²) in [5, 5.41) is 9.91. The molecule has 0 amide bonds. The molecule has 2 rings (SSSR count). The Hall–Kier alpha value is -0.500. The fraction of sp³-hybridized carbons (Fsp3) is 0.100. The minimum atomic E-state index is 0.769. The molecule has 0 aliphatic carbocycles. The van der Waals surface area contributed by atoms with Crippen LogP contribution in [0, 0.1) is 11.3 Å². The lowest BCUT2D eigenvalue weighted by atomic mass is 10.2. The molecular formula is C10H6BrNS2. The standard InChI is InChI=1S/C10H6BrNS2/c1-13-10-4-9-6(3-8(10)11)2-7(5-12)14-9/h2-4H,1H3. The molecular weight excluding hydrogens is 278 g/mol. The Labute approximate surface area is 98.9 Å². The van der Waals surface area contributed by atoms with Gasteiger partial charge in [-0.2, -0.15) is 5.26 Å². The van der Waals surface area contributed by atoms with E-state index in [1.165, 1.54) is 9.60 Å². The first-order valence-corrected chi connectivity index (χ1v) is 6.75. The number of hydrogen-bond acceptors (Lipinski definition) is 3. The van der Waals surface area contributed by atoms with Gasteiger partial charge in [-0.25, -0.2) is 0 Å². The van der Waals surface area contributed by atoms with Crippen molar-refractivity contribution in [3.63, 3.8) is 0 Å². The van der Waals surface area contributed by atoms with E-state index in [2.05, 4.69) is 34.1 Å². The molecule has 0 radical (unpaired) electrons. The van der Waals surface area contributed by atoms with Gasteiger partial charge in [0.05, 0.1) is 0 Å². The molecule has 0 atom stereocenters. The van der Waals surface area contributed by atoms with Crippen LogP contribution < -0.4 is 0 Å². The molecule has 0 saturated carbocycles. The van der Waals surface area contributed by atoms with Gasteiger partial charge < -0.3 is 0 Å². The third-order valence-corrected chi connectivity index (χ3v) is 4.60. The van der Waals surface area contributed by atoms with Gasteiger partial charge in [-0.05, 0) is 45.8 Å². The van der Waals surface area contributed by atoms with E-state index >= 15 is 0 Å². The zero-order chi connectivity index (χ0) is 10.1. The van der Waals surface area contributed by atoms with Crippen LogP contribution in [0.1, 0.15) is 4.88 Å². The molecule has 0 spiro atoms. The van der Waals surface area contributed by atoms with Crippen LogP contribution in [0.5, 0.6) is 0 Å². The van der Waals surface area contributed by atoms with E-state index in [1.807, 2.05) is 12.3 Å². The number of benzene rings is 1. The number of nitriles is 1. The highest BCUT2D eigenvalue weighted by atomic mass is 79.9. The van der Waals surface area contributed by atoms with Gasteiger partial charge in [0.15, 0.2) is 0 Å². The summed E-state index contributed by atoms with van der Waals surface area (Å²) in [6.07, 6.45) is 2.05. The van der Waals surface area contributed by atoms with Crippen molar-refractivity contribution in [1.82, 2.24) is 0 Å². The van der Waals surface area contributed by atoms with Gasteiger partial charge >= 0.3 is 0 Å². The van der Waals surface area contributed by atoms with E-state index < -0.39 is 0 Å². The van der Waals surface area contributed by atoms with Crippen molar-refractivity contribution in [3.8, 4) is 6.07 Å². The minimum Gasteiger partial charge on any atom is -0.192 e. The predicted octanol–water partition coefficient (Wildman–Crippen LogP) is 4.26. The normalized spacial score (nSPS) is 10.4. The van der Waals surface area contributed by atoms with E-state index in [-0.39, 0.29) is 0 Å². The Morgan fingerprint density at radius 3 is 2.86 bits per heavy atom. The molecule has 2 aromatic rings. The van der Waals surface area contributed by atoms with Crippen LogP contribution in [0.15, 0.2) is 27.6 Å². The zero-order valence-electron chi connectivity index (χ0n) is 7.37. The molecule has 70 valence electrons. The number of thiophene rings is 1. The SMILES string of the molecule is CSc1cc2sc(C#N)cc2cc1Br. The van der Waals surface area contributed by atoms with Gasteiger partial charge in [0.2, 0.25) is 0 Å². The molecule has 0 unspecified atom stereocenters. The number of nitrogens with zero attached hydrogens (tertiary/aromatic N) is 1. The number of hydrogen-bond donors (Lipinski definition) is 0. The summed E-state index contributed by atoms with van der Waals surface area (Å²) in [7, 11) is 0. The highest BCUT2D eigenvalue weighted by molar-refractivity contribution is 9.10. The highest BCUT2D eigenvalue weighted by Crippen LogP contribution is 2.34. The monoisotopic (exact) mass is 283 g/mol. The summed E-state index contributed by atoms with van der Waals surface area (Å²) in [5.74, 6) is 0. The van der Waals surface area contributed by atoms with Crippen LogP contribution >= 0.6 is 39.0 Å². The van der Waals surface area contributed by atoms with Gasteiger partial charge in [-0.1, -0.05) is 0 Å². The molecule has 0 N–H and O–H groups in total. The Kier molecular flexibility index (Phi) is 2.82. The Morgan fingerprint density at radius 2 is 2.21 bits per heavy atom. The molecule has 1 aromatic heterocycles. The molecule has 1 nitrogen and oxygen atoms in total. The Balaban J connectivity index is 2.71. The van der Waals surface area contributed by atoms with Gasteiger partial charge in [0, 0.05) is 14.1 Å². The molecule has 0 saturated heterocycles. The first-order valence-electron chi connectivity index (χ1n) is 3.92. The molecule has 0 fully saturated rings. The topological polar surface area (TPSA) is 23.8 Å². The predicted molar refractivity (Wildman–Crippen MR) is 66.0 cm³/mol. The second-order valence-electron chi connectivity index (χ2n) is 2.75. The summed E-state index contributed by atoms with van der Waals surface area (Å²) in [5.41, 5.74) is 0. The molecule has 1 heterocycles. The maximum Gasteiger partial charge on any atom is 0.110 e. The van der Waals surface area contributed by atoms with E-state index in [4.69, 9.17) is 5.26 Å². The second kappa shape index (κ2) is 3.93. The highest BCUT2D eigenvalue weighted by Gasteiger charge is 2.05. The van der Waals surface area contributed by atoms with E-state index in [9.17, 15) is 0 Å². The summed E-state index contributed by atoms with van der Waals surface area (Å²) < 4.78 is 2.27. The lowest BCUT2D eigenvalue weighted by Crippen LogP contribution is -1.72. The van der Waals surface area contributed by atoms with E-state index in [1.54, 1.807) is 23.1 Å². The van der Waals surface area contributed by atoms with Crippen LogP contribution in [-0.2, 0) is 0 Å². The number of fused-ring (bicyclic) bond motifs is 1. The van der Waals surface area contributed by atoms with Crippen molar-refractivity contribution in [2.75, 3.05) is 6.26 Å². The van der Waals surface area contributed by atoms with Crippen molar-refractivity contribution in [1.29, 1.82) is 5.26 Å². The van der Waals surface area contributed by atoms with E-state index in [0.29, 0.717) is 0 Å². The maximum atomic E-state index is 8.78. The van der Waals surface area contributed by atoms with Gasteiger partial charge in [-0.3, -0.25) is 0 Å². The van der Waals surface area contributed by atoms with Crippen molar-refractivity contribution < 1.29 is 0 Å². The summed E-state index contributed by atoms with van der Waals surface area (Å²) in [4.78, 5) is 1.98. The van der Waals surface area contributed by atoms with Gasteiger partial charge in [0.1, 0.15) is 10.9 Å². The molecule has 0 aliphatic heterocycles. The van der Waals surface area contributed by atoms with Crippen molar-refractivity contribution in [2.45, 2.75) is 4.90 Å². The van der Waals surface area contributed by atoms with Crippen LogP contribution in [-0.4, -0.2) is 6.26 Å². The summed E-state index contributed by atoms with van der Waals surface area (Å²) in [6, 6.07) is 8.28. The van der Waals surface area contributed by atoms with Crippen LogP contribution in [0.2, 0.25) is 0 Å². The third-order valence-electron chi connectivity index (χ3n) is 1.90. The largest absolute Gasteiger partial charge is 0.192 e.